The van der Waals surface area contributed by atoms with Gasteiger partial charge in [-0.25, -0.2) is 4.79 Å². The van der Waals surface area contributed by atoms with Gasteiger partial charge in [0.15, 0.2) is 0 Å². The predicted octanol–water partition coefficient (Wildman–Crippen LogP) is 0.368. The van der Waals surface area contributed by atoms with Gasteiger partial charge in [-0.2, -0.15) is 0 Å². The molecule has 1 N–H and O–H groups in total. The van der Waals surface area contributed by atoms with Gasteiger partial charge in [-0.3, -0.25) is 9.69 Å². The van der Waals surface area contributed by atoms with Crippen molar-refractivity contribution in [1.82, 2.24) is 10.2 Å². The van der Waals surface area contributed by atoms with Crippen molar-refractivity contribution < 1.29 is 19.1 Å². The fourth-order valence-electron chi connectivity index (χ4n) is 1.51. The number of amides is 1. The van der Waals surface area contributed by atoms with Crippen molar-refractivity contribution in [2.24, 2.45) is 0 Å². The second kappa shape index (κ2) is 5.35. The third-order valence-electron chi connectivity index (χ3n) is 2.26. The molecule has 0 atom stereocenters. The monoisotopic (exact) mass is 244 g/mol. The first kappa shape index (κ1) is 13.8. The summed E-state index contributed by atoms with van der Waals surface area (Å²) in [5.74, 6) is -0.263. The standard InChI is InChI=1S/C11H20N2O4/c1-11(2,3)17-10(15)12-8-5-13(6-8)7-9(14)16-4/h8H,5-7H2,1-4H3,(H,12,15). The summed E-state index contributed by atoms with van der Waals surface area (Å²) in [4.78, 5) is 24.3. The molecule has 1 rings (SSSR count). The van der Waals surface area contributed by atoms with Crippen LogP contribution in [-0.2, 0) is 14.3 Å². The zero-order valence-electron chi connectivity index (χ0n) is 10.8. The Kier molecular flexibility index (Phi) is 4.34. The van der Waals surface area contributed by atoms with Gasteiger partial charge < -0.3 is 14.8 Å². The second-order valence-electron chi connectivity index (χ2n) is 5.11. The molecule has 1 saturated heterocycles. The first-order valence-electron chi connectivity index (χ1n) is 5.59. The highest BCUT2D eigenvalue weighted by atomic mass is 16.6. The molecule has 0 aliphatic carbocycles. The lowest BCUT2D eigenvalue weighted by atomic mass is 10.1. The van der Waals surface area contributed by atoms with E-state index in [4.69, 9.17) is 4.74 Å². The average molecular weight is 244 g/mol. The molecule has 0 unspecified atom stereocenters. The second-order valence-corrected chi connectivity index (χ2v) is 5.11. The molecule has 1 heterocycles. The number of ether oxygens (including phenoxy) is 2. The molecular formula is C11H20N2O4. The van der Waals surface area contributed by atoms with Gasteiger partial charge in [0, 0.05) is 13.1 Å². The summed E-state index contributed by atoms with van der Waals surface area (Å²) in [5.41, 5.74) is -0.487. The first-order valence-corrected chi connectivity index (χ1v) is 5.59. The largest absolute Gasteiger partial charge is 0.468 e. The number of rotatable bonds is 3. The molecular weight excluding hydrogens is 224 g/mol. The van der Waals surface area contributed by atoms with Crippen LogP contribution in [0.4, 0.5) is 4.79 Å². The fourth-order valence-corrected chi connectivity index (χ4v) is 1.51. The van der Waals surface area contributed by atoms with Gasteiger partial charge in [0.05, 0.1) is 19.7 Å². The lowest BCUT2D eigenvalue weighted by Crippen LogP contribution is -2.60. The Labute approximate surface area is 101 Å². The third-order valence-corrected chi connectivity index (χ3v) is 2.26. The van der Waals surface area contributed by atoms with Crippen LogP contribution in [0.2, 0.25) is 0 Å². The molecule has 0 aromatic heterocycles. The molecule has 0 radical (unpaired) electrons. The van der Waals surface area contributed by atoms with Crippen molar-refractivity contribution in [3.8, 4) is 0 Å². The highest BCUT2D eigenvalue weighted by molar-refractivity contribution is 5.72. The number of carbonyl (C=O) groups excluding carboxylic acids is 2. The fraction of sp³-hybridized carbons (Fsp3) is 0.818. The van der Waals surface area contributed by atoms with Gasteiger partial charge in [0.1, 0.15) is 5.60 Å². The summed E-state index contributed by atoms with van der Waals surface area (Å²) in [6.07, 6.45) is -0.416. The molecule has 0 bridgehead atoms. The number of carbonyl (C=O) groups is 2. The van der Waals surface area contributed by atoms with Crippen molar-refractivity contribution in [1.29, 1.82) is 0 Å². The van der Waals surface area contributed by atoms with Crippen molar-refractivity contribution in [2.75, 3.05) is 26.7 Å². The Morgan fingerprint density at radius 1 is 1.35 bits per heavy atom. The van der Waals surface area contributed by atoms with Crippen LogP contribution in [0.3, 0.4) is 0 Å². The van der Waals surface area contributed by atoms with Crippen molar-refractivity contribution >= 4 is 12.1 Å². The van der Waals surface area contributed by atoms with Gasteiger partial charge in [-0.15, -0.1) is 0 Å². The van der Waals surface area contributed by atoms with E-state index in [0.29, 0.717) is 13.1 Å². The van der Waals surface area contributed by atoms with Crippen LogP contribution in [-0.4, -0.2) is 55.3 Å². The number of nitrogens with one attached hydrogen (secondary N) is 1. The summed E-state index contributed by atoms with van der Waals surface area (Å²) < 4.78 is 9.67. The number of likely N-dealkylation sites (tertiary alicyclic amines) is 1. The van der Waals surface area contributed by atoms with E-state index in [1.807, 2.05) is 25.7 Å². The lowest BCUT2D eigenvalue weighted by Gasteiger charge is -2.38. The Morgan fingerprint density at radius 2 is 1.94 bits per heavy atom. The highest BCUT2D eigenvalue weighted by Gasteiger charge is 2.30. The van der Waals surface area contributed by atoms with E-state index in [0.717, 1.165) is 0 Å². The molecule has 6 nitrogen and oxygen atoms in total. The summed E-state index contributed by atoms with van der Waals surface area (Å²) in [5, 5.41) is 2.74. The molecule has 0 spiro atoms. The maximum atomic E-state index is 11.4. The van der Waals surface area contributed by atoms with Crippen LogP contribution < -0.4 is 5.32 Å². The summed E-state index contributed by atoms with van der Waals surface area (Å²) in [6, 6.07) is 0.0505. The minimum Gasteiger partial charge on any atom is -0.468 e. The predicted molar refractivity (Wildman–Crippen MR) is 61.6 cm³/mol. The van der Waals surface area contributed by atoms with E-state index in [2.05, 4.69) is 10.1 Å². The zero-order valence-corrected chi connectivity index (χ0v) is 10.8. The molecule has 6 heteroatoms. The van der Waals surface area contributed by atoms with Crippen LogP contribution in [0.25, 0.3) is 0 Å². The van der Waals surface area contributed by atoms with Crippen molar-refractivity contribution in [3.05, 3.63) is 0 Å². The van der Waals surface area contributed by atoms with Crippen LogP contribution in [0.15, 0.2) is 0 Å². The molecule has 0 aromatic carbocycles. The number of nitrogens with zero attached hydrogens (tertiary/aromatic N) is 1. The zero-order chi connectivity index (χ0) is 13.1. The van der Waals surface area contributed by atoms with E-state index in [1.54, 1.807) is 0 Å². The summed E-state index contributed by atoms with van der Waals surface area (Å²) >= 11 is 0. The summed E-state index contributed by atoms with van der Waals surface area (Å²) in [7, 11) is 1.36. The van der Waals surface area contributed by atoms with E-state index in [-0.39, 0.29) is 18.6 Å². The summed E-state index contributed by atoms with van der Waals surface area (Å²) in [6.45, 7) is 7.01. The van der Waals surface area contributed by atoms with Gasteiger partial charge in [0.2, 0.25) is 0 Å². The Bertz CT molecular complexity index is 292. The van der Waals surface area contributed by atoms with E-state index >= 15 is 0 Å². The molecule has 17 heavy (non-hydrogen) atoms. The minimum absolute atomic E-state index is 0.0505. The van der Waals surface area contributed by atoms with Gasteiger partial charge in [-0.1, -0.05) is 0 Å². The third kappa shape index (κ3) is 5.04. The number of alkyl carbamates (subject to hydrolysis) is 1. The topological polar surface area (TPSA) is 67.9 Å². The van der Waals surface area contributed by atoms with Crippen molar-refractivity contribution in [3.63, 3.8) is 0 Å². The van der Waals surface area contributed by atoms with Crippen LogP contribution in [0, 0.1) is 0 Å². The van der Waals surface area contributed by atoms with E-state index < -0.39 is 11.7 Å². The first-order chi connectivity index (χ1) is 7.80. The highest BCUT2D eigenvalue weighted by Crippen LogP contribution is 2.10. The molecule has 0 aromatic rings. The minimum atomic E-state index is -0.487. The maximum absolute atomic E-state index is 11.4. The molecule has 1 aliphatic rings. The van der Waals surface area contributed by atoms with Crippen LogP contribution in [0.1, 0.15) is 20.8 Å². The van der Waals surface area contributed by atoms with Crippen molar-refractivity contribution in [2.45, 2.75) is 32.4 Å². The van der Waals surface area contributed by atoms with E-state index in [9.17, 15) is 9.59 Å². The Hall–Kier alpha value is -1.30. The average Bonchev–Trinajstić information content (AvgIpc) is 2.11. The number of esters is 1. The molecule has 0 saturated carbocycles. The quantitative estimate of drug-likeness (QED) is 0.726. The number of methoxy groups -OCH3 is 1. The number of hydrogen-bond donors (Lipinski definition) is 1. The smallest absolute Gasteiger partial charge is 0.407 e. The Morgan fingerprint density at radius 3 is 2.41 bits per heavy atom. The van der Waals surface area contributed by atoms with Crippen LogP contribution >= 0.6 is 0 Å². The van der Waals surface area contributed by atoms with E-state index in [1.165, 1.54) is 7.11 Å². The molecule has 1 fully saturated rings. The van der Waals surface area contributed by atoms with Gasteiger partial charge >= 0.3 is 12.1 Å². The number of hydrogen-bond acceptors (Lipinski definition) is 5. The SMILES string of the molecule is COC(=O)CN1CC(NC(=O)OC(C)(C)C)C1. The Balaban J connectivity index is 2.17. The molecule has 1 amide bonds. The van der Waals surface area contributed by atoms with Gasteiger partial charge in [0.25, 0.3) is 0 Å². The molecule has 1 aliphatic heterocycles. The molecule has 98 valence electrons. The maximum Gasteiger partial charge on any atom is 0.407 e. The van der Waals surface area contributed by atoms with Gasteiger partial charge in [-0.05, 0) is 20.8 Å². The lowest BCUT2D eigenvalue weighted by molar-refractivity contribution is -0.143. The normalized spacial score (nSPS) is 17.2. The van der Waals surface area contributed by atoms with Crippen LogP contribution in [0.5, 0.6) is 0 Å².